The minimum atomic E-state index is 0. The molecule has 0 aromatic heterocycles. The maximum atomic E-state index is 6.17. The SMILES string of the molecule is CC1CN(Cc2ccccc2Cl)CC(C)N1.Cl. The third-order valence-corrected chi connectivity index (χ3v) is 3.35. The Morgan fingerprint density at radius 3 is 2.41 bits per heavy atom. The minimum absolute atomic E-state index is 0. The average molecular weight is 275 g/mol. The van der Waals surface area contributed by atoms with Gasteiger partial charge in [-0.2, -0.15) is 0 Å². The molecule has 1 aromatic carbocycles. The number of nitrogens with zero attached hydrogens (tertiary/aromatic N) is 1. The van der Waals surface area contributed by atoms with Crippen LogP contribution in [0.5, 0.6) is 0 Å². The molecular formula is C13H20Cl2N2. The van der Waals surface area contributed by atoms with Crippen LogP contribution in [0.2, 0.25) is 5.02 Å². The molecule has 17 heavy (non-hydrogen) atoms. The summed E-state index contributed by atoms with van der Waals surface area (Å²) in [7, 11) is 0. The maximum Gasteiger partial charge on any atom is 0.0451 e. The second-order valence-corrected chi connectivity index (χ2v) is 5.16. The van der Waals surface area contributed by atoms with Crippen molar-refractivity contribution in [1.29, 1.82) is 0 Å². The smallest absolute Gasteiger partial charge is 0.0451 e. The molecule has 2 rings (SSSR count). The molecule has 1 fully saturated rings. The van der Waals surface area contributed by atoms with Gasteiger partial charge in [-0.1, -0.05) is 29.8 Å². The van der Waals surface area contributed by atoms with E-state index in [-0.39, 0.29) is 12.4 Å². The summed E-state index contributed by atoms with van der Waals surface area (Å²) < 4.78 is 0. The first kappa shape index (κ1) is 14.8. The second-order valence-electron chi connectivity index (χ2n) is 4.75. The van der Waals surface area contributed by atoms with E-state index in [1.54, 1.807) is 0 Å². The molecule has 0 bridgehead atoms. The van der Waals surface area contributed by atoms with E-state index in [1.165, 1.54) is 5.56 Å². The van der Waals surface area contributed by atoms with E-state index in [0.29, 0.717) is 12.1 Å². The molecule has 1 aliphatic heterocycles. The molecule has 2 unspecified atom stereocenters. The number of hydrogen-bond donors (Lipinski definition) is 1. The largest absolute Gasteiger partial charge is 0.309 e. The van der Waals surface area contributed by atoms with Gasteiger partial charge in [0, 0.05) is 36.7 Å². The lowest BCUT2D eigenvalue weighted by atomic mass is 10.1. The lowest BCUT2D eigenvalue weighted by Crippen LogP contribution is -2.53. The number of nitrogens with one attached hydrogen (secondary N) is 1. The van der Waals surface area contributed by atoms with Crippen molar-refractivity contribution in [3.63, 3.8) is 0 Å². The Bertz CT molecular complexity index is 347. The summed E-state index contributed by atoms with van der Waals surface area (Å²) in [5.74, 6) is 0. The van der Waals surface area contributed by atoms with E-state index in [0.717, 1.165) is 24.7 Å². The zero-order valence-electron chi connectivity index (χ0n) is 10.3. The van der Waals surface area contributed by atoms with E-state index in [4.69, 9.17) is 11.6 Å². The van der Waals surface area contributed by atoms with Gasteiger partial charge in [0.15, 0.2) is 0 Å². The van der Waals surface area contributed by atoms with Gasteiger partial charge >= 0.3 is 0 Å². The van der Waals surface area contributed by atoms with Crippen LogP contribution in [0, 0.1) is 0 Å². The van der Waals surface area contributed by atoms with Crippen molar-refractivity contribution in [2.75, 3.05) is 13.1 Å². The van der Waals surface area contributed by atoms with Gasteiger partial charge in [-0.3, -0.25) is 4.90 Å². The van der Waals surface area contributed by atoms with Crippen LogP contribution in [0.25, 0.3) is 0 Å². The predicted molar refractivity (Wildman–Crippen MR) is 76.0 cm³/mol. The van der Waals surface area contributed by atoms with Crippen molar-refractivity contribution in [2.45, 2.75) is 32.5 Å². The number of rotatable bonds is 2. The van der Waals surface area contributed by atoms with Crippen molar-refractivity contribution in [2.24, 2.45) is 0 Å². The third-order valence-electron chi connectivity index (χ3n) is 2.98. The first-order chi connectivity index (χ1) is 7.65. The van der Waals surface area contributed by atoms with Crippen LogP contribution in [-0.4, -0.2) is 30.1 Å². The molecular weight excluding hydrogens is 255 g/mol. The molecule has 1 aliphatic rings. The highest BCUT2D eigenvalue weighted by Gasteiger charge is 2.21. The average Bonchev–Trinajstić information content (AvgIpc) is 2.20. The van der Waals surface area contributed by atoms with Crippen molar-refractivity contribution in [3.8, 4) is 0 Å². The molecule has 0 amide bonds. The Morgan fingerprint density at radius 1 is 1.24 bits per heavy atom. The van der Waals surface area contributed by atoms with Crippen LogP contribution in [0.3, 0.4) is 0 Å². The van der Waals surface area contributed by atoms with Crippen LogP contribution in [0.1, 0.15) is 19.4 Å². The summed E-state index contributed by atoms with van der Waals surface area (Å²) in [5.41, 5.74) is 1.23. The summed E-state index contributed by atoms with van der Waals surface area (Å²) in [6.45, 7) is 7.60. The normalized spacial score (nSPS) is 25.4. The predicted octanol–water partition coefficient (Wildman–Crippen LogP) is 2.94. The van der Waals surface area contributed by atoms with Crippen LogP contribution >= 0.6 is 24.0 Å². The molecule has 1 N–H and O–H groups in total. The van der Waals surface area contributed by atoms with Gasteiger partial charge < -0.3 is 5.32 Å². The first-order valence-electron chi connectivity index (χ1n) is 5.87. The molecule has 1 aromatic rings. The molecule has 4 heteroatoms. The van der Waals surface area contributed by atoms with Gasteiger partial charge in [0.2, 0.25) is 0 Å². The van der Waals surface area contributed by atoms with E-state index in [9.17, 15) is 0 Å². The topological polar surface area (TPSA) is 15.3 Å². The van der Waals surface area contributed by atoms with Crippen LogP contribution in [0.15, 0.2) is 24.3 Å². The van der Waals surface area contributed by atoms with Gasteiger partial charge in [0.25, 0.3) is 0 Å². The van der Waals surface area contributed by atoms with Crippen molar-refractivity contribution >= 4 is 24.0 Å². The third kappa shape index (κ3) is 4.14. The van der Waals surface area contributed by atoms with Crippen LogP contribution in [-0.2, 0) is 6.54 Å². The lowest BCUT2D eigenvalue weighted by molar-refractivity contribution is 0.166. The fourth-order valence-corrected chi connectivity index (χ4v) is 2.63. The summed E-state index contributed by atoms with van der Waals surface area (Å²) in [6, 6.07) is 9.23. The van der Waals surface area contributed by atoms with Crippen molar-refractivity contribution < 1.29 is 0 Å². The fraction of sp³-hybridized carbons (Fsp3) is 0.538. The van der Waals surface area contributed by atoms with E-state index < -0.39 is 0 Å². The second kappa shape index (κ2) is 6.60. The van der Waals surface area contributed by atoms with Gasteiger partial charge in [-0.05, 0) is 25.5 Å². The summed E-state index contributed by atoms with van der Waals surface area (Å²) in [5, 5.41) is 4.41. The summed E-state index contributed by atoms with van der Waals surface area (Å²) >= 11 is 6.17. The summed E-state index contributed by atoms with van der Waals surface area (Å²) in [6.07, 6.45) is 0. The molecule has 1 saturated heterocycles. The first-order valence-corrected chi connectivity index (χ1v) is 6.25. The molecule has 96 valence electrons. The fourth-order valence-electron chi connectivity index (χ4n) is 2.44. The number of benzene rings is 1. The van der Waals surface area contributed by atoms with Crippen molar-refractivity contribution in [3.05, 3.63) is 34.9 Å². The maximum absolute atomic E-state index is 6.17. The number of piperazine rings is 1. The Labute approximate surface area is 115 Å². The van der Waals surface area contributed by atoms with Gasteiger partial charge in [-0.15, -0.1) is 12.4 Å². The zero-order valence-corrected chi connectivity index (χ0v) is 11.9. The molecule has 2 nitrogen and oxygen atoms in total. The molecule has 0 radical (unpaired) electrons. The zero-order chi connectivity index (χ0) is 11.5. The quantitative estimate of drug-likeness (QED) is 0.892. The molecule has 0 spiro atoms. The van der Waals surface area contributed by atoms with Crippen molar-refractivity contribution in [1.82, 2.24) is 10.2 Å². The van der Waals surface area contributed by atoms with E-state index in [1.807, 2.05) is 12.1 Å². The van der Waals surface area contributed by atoms with Gasteiger partial charge in [0.05, 0.1) is 0 Å². The Balaban J connectivity index is 0.00000144. The number of halogens is 2. The van der Waals surface area contributed by atoms with E-state index >= 15 is 0 Å². The molecule has 0 saturated carbocycles. The van der Waals surface area contributed by atoms with Crippen LogP contribution in [0.4, 0.5) is 0 Å². The van der Waals surface area contributed by atoms with Crippen LogP contribution < -0.4 is 5.32 Å². The standard InChI is InChI=1S/C13H19ClN2.ClH/c1-10-7-16(8-11(2)15-10)9-12-5-3-4-6-13(12)14;/h3-6,10-11,15H,7-9H2,1-2H3;1H. The van der Waals surface area contributed by atoms with Gasteiger partial charge in [0.1, 0.15) is 0 Å². The Morgan fingerprint density at radius 2 is 1.82 bits per heavy atom. The van der Waals surface area contributed by atoms with Gasteiger partial charge in [-0.25, -0.2) is 0 Å². The molecule has 1 heterocycles. The molecule has 2 atom stereocenters. The Hall–Kier alpha value is -0.280. The highest BCUT2D eigenvalue weighted by molar-refractivity contribution is 6.31. The minimum Gasteiger partial charge on any atom is -0.309 e. The monoisotopic (exact) mass is 274 g/mol. The highest BCUT2D eigenvalue weighted by atomic mass is 35.5. The Kier molecular flexibility index (Phi) is 5.74. The van der Waals surface area contributed by atoms with E-state index in [2.05, 4.69) is 36.2 Å². The highest BCUT2D eigenvalue weighted by Crippen LogP contribution is 2.18. The summed E-state index contributed by atoms with van der Waals surface area (Å²) in [4.78, 5) is 2.47. The lowest BCUT2D eigenvalue weighted by Gasteiger charge is -2.36. The molecule has 0 aliphatic carbocycles. The number of hydrogen-bond acceptors (Lipinski definition) is 2.